The highest BCUT2D eigenvalue weighted by Crippen LogP contribution is 2.30. The van der Waals surface area contributed by atoms with Crippen LogP contribution in [0, 0.1) is 0 Å². The molecule has 1 aromatic heterocycles. The molecule has 0 saturated carbocycles. The van der Waals surface area contributed by atoms with Crippen LogP contribution in [0.2, 0.25) is 0 Å². The van der Waals surface area contributed by atoms with Gasteiger partial charge in [-0.3, -0.25) is 24.4 Å². The number of carbonyl (C=O) groups is 2. The van der Waals surface area contributed by atoms with E-state index in [1.54, 1.807) is 24.3 Å². The minimum absolute atomic E-state index is 0.0422. The van der Waals surface area contributed by atoms with Crippen LogP contribution in [-0.4, -0.2) is 59.2 Å². The van der Waals surface area contributed by atoms with Crippen LogP contribution in [0.15, 0.2) is 42.6 Å². The number of amides is 1. The highest BCUT2D eigenvalue weighted by molar-refractivity contribution is 5.96. The molecule has 3 rings (SSSR count). The van der Waals surface area contributed by atoms with Crippen molar-refractivity contribution in [2.24, 2.45) is 0 Å². The molecular formula is C21H23F3N4O2. The first kappa shape index (κ1) is 21.9. The smallest absolute Gasteiger partial charge is 0.325 e. The Morgan fingerprint density at radius 3 is 2.27 bits per heavy atom. The second-order valence-corrected chi connectivity index (χ2v) is 7.24. The maximum absolute atomic E-state index is 13.1. The maximum Gasteiger partial charge on any atom is 0.433 e. The molecule has 2 heterocycles. The largest absolute Gasteiger partial charge is 0.433 e. The molecule has 30 heavy (non-hydrogen) atoms. The molecule has 2 aromatic rings. The number of nitrogens with one attached hydrogen (secondary N) is 1. The lowest BCUT2D eigenvalue weighted by Crippen LogP contribution is -2.48. The molecule has 0 radical (unpaired) electrons. The predicted octanol–water partition coefficient (Wildman–Crippen LogP) is 3.06. The van der Waals surface area contributed by atoms with Crippen LogP contribution in [-0.2, 0) is 17.5 Å². The number of Topliss-reactive ketones (excluding diaryl/α,β-unsaturated/α-hetero) is 1. The van der Waals surface area contributed by atoms with Crippen LogP contribution in [0.5, 0.6) is 0 Å². The van der Waals surface area contributed by atoms with Gasteiger partial charge >= 0.3 is 6.18 Å². The summed E-state index contributed by atoms with van der Waals surface area (Å²) in [4.78, 5) is 30.9. The van der Waals surface area contributed by atoms with E-state index in [4.69, 9.17) is 0 Å². The Hall–Kier alpha value is -2.78. The van der Waals surface area contributed by atoms with Crippen molar-refractivity contribution in [3.8, 4) is 0 Å². The number of ketones is 1. The number of aromatic nitrogens is 1. The monoisotopic (exact) mass is 420 g/mol. The number of anilines is 1. The third-order valence-corrected chi connectivity index (χ3v) is 4.96. The van der Waals surface area contributed by atoms with Crippen molar-refractivity contribution in [2.45, 2.75) is 19.6 Å². The number of nitrogens with zero attached hydrogens (tertiary/aromatic N) is 3. The van der Waals surface area contributed by atoms with Crippen molar-refractivity contribution in [3.63, 3.8) is 0 Å². The average Bonchev–Trinajstić information content (AvgIpc) is 2.69. The maximum atomic E-state index is 13.1. The molecule has 0 bridgehead atoms. The Morgan fingerprint density at radius 1 is 1.03 bits per heavy atom. The topological polar surface area (TPSA) is 65.5 Å². The van der Waals surface area contributed by atoms with E-state index >= 15 is 0 Å². The number of pyridine rings is 1. The highest BCUT2D eigenvalue weighted by atomic mass is 19.4. The second-order valence-electron chi connectivity index (χ2n) is 7.24. The van der Waals surface area contributed by atoms with Gasteiger partial charge in [0.05, 0.1) is 6.54 Å². The Balaban J connectivity index is 1.48. The summed E-state index contributed by atoms with van der Waals surface area (Å²) < 4.78 is 39.3. The molecule has 1 aliphatic rings. The molecule has 9 heteroatoms. The molecule has 6 nitrogen and oxygen atoms in total. The lowest BCUT2D eigenvalue weighted by molar-refractivity contribution is -0.142. The van der Waals surface area contributed by atoms with Gasteiger partial charge in [0, 0.05) is 50.2 Å². The van der Waals surface area contributed by atoms with E-state index in [0.29, 0.717) is 37.4 Å². The SMILES string of the molecule is CC(=O)c1ccc(NC(=O)CN2CCN(Cc3cccnc3C(F)(F)F)CC2)cc1. The van der Waals surface area contributed by atoms with Crippen LogP contribution in [0.4, 0.5) is 18.9 Å². The Bertz CT molecular complexity index is 892. The van der Waals surface area contributed by atoms with Gasteiger partial charge in [-0.15, -0.1) is 0 Å². The summed E-state index contributed by atoms with van der Waals surface area (Å²) >= 11 is 0. The summed E-state index contributed by atoms with van der Waals surface area (Å²) in [5.41, 5.74) is 0.499. The lowest BCUT2D eigenvalue weighted by Gasteiger charge is -2.34. The number of carbonyl (C=O) groups excluding carboxylic acids is 2. The van der Waals surface area contributed by atoms with Crippen LogP contribution in [0.1, 0.15) is 28.5 Å². The number of rotatable bonds is 6. The van der Waals surface area contributed by atoms with Crippen molar-refractivity contribution >= 4 is 17.4 Å². The van der Waals surface area contributed by atoms with E-state index in [2.05, 4.69) is 10.3 Å². The van der Waals surface area contributed by atoms with Crippen molar-refractivity contribution in [3.05, 3.63) is 59.4 Å². The molecule has 0 aliphatic carbocycles. The van der Waals surface area contributed by atoms with Gasteiger partial charge in [0.1, 0.15) is 5.69 Å². The van der Waals surface area contributed by atoms with E-state index in [1.807, 2.05) is 9.80 Å². The molecule has 160 valence electrons. The normalized spacial score (nSPS) is 15.7. The van der Waals surface area contributed by atoms with Gasteiger partial charge in [-0.2, -0.15) is 13.2 Å². The Morgan fingerprint density at radius 2 is 1.67 bits per heavy atom. The molecule has 1 aromatic carbocycles. The van der Waals surface area contributed by atoms with Gasteiger partial charge in [-0.1, -0.05) is 6.07 Å². The fraction of sp³-hybridized carbons (Fsp3) is 0.381. The van der Waals surface area contributed by atoms with Gasteiger partial charge in [0.25, 0.3) is 0 Å². The van der Waals surface area contributed by atoms with Gasteiger partial charge in [0.2, 0.25) is 5.91 Å². The van der Waals surface area contributed by atoms with Crippen molar-refractivity contribution in [1.82, 2.24) is 14.8 Å². The zero-order chi connectivity index (χ0) is 21.7. The summed E-state index contributed by atoms with van der Waals surface area (Å²) in [5, 5.41) is 2.79. The number of benzene rings is 1. The fourth-order valence-electron chi connectivity index (χ4n) is 3.36. The van der Waals surface area contributed by atoms with Gasteiger partial charge in [-0.05, 0) is 42.8 Å². The van der Waals surface area contributed by atoms with Crippen LogP contribution < -0.4 is 5.32 Å². The van der Waals surface area contributed by atoms with Crippen molar-refractivity contribution in [1.29, 1.82) is 0 Å². The van der Waals surface area contributed by atoms with E-state index in [1.165, 1.54) is 19.1 Å². The minimum atomic E-state index is -4.47. The van der Waals surface area contributed by atoms with Crippen molar-refractivity contribution in [2.75, 3.05) is 38.0 Å². The summed E-state index contributed by atoms with van der Waals surface area (Å²) in [6.45, 7) is 4.13. The standard InChI is InChI=1S/C21H23F3N4O2/c1-15(29)16-4-6-18(7-5-16)26-19(30)14-28-11-9-27(10-12-28)13-17-3-2-8-25-20(17)21(22,23)24/h2-8H,9-14H2,1H3,(H,26,30). The number of halogens is 3. The van der Waals surface area contributed by atoms with E-state index < -0.39 is 11.9 Å². The average molecular weight is 420 g/mol. The van der Waals surface area contributed by atoms with E-state index in [-0.39, 0.29) is 30.3 Å². The quantitative estimate of drug-likeness (QED) is 0.728. The summed E-state index contributed by atoms with van der Waals surface area (Å²) in [5.74, 6) is -0.218. The number of alkyl halides is 3. The first-order valence-electron chi connectivity index (χ1n) is 9.59. The van der Waals surface area contributed by atoms with E-state index in [9.17, 15) is 22.8 Å². The number of hydrogen-bond acceptors (Lipinski definition) is 5. The Labute approximate surface area is 172 Å². The molecule has 0 atom stereocenters. The van der Waals surface area contributed by atoms with E-state index in [0.717, 1.165) is 6.20 Å². The molecule has 1 N–H and O–H groups in total. The highest BCUT2D eigenvalue weighted by Gasteiger charge is 2.35. The summed E-state index contributed by atoms with van der Waals surface area (Å²) in [6.07, 6.45) is -3.32. The third-order valence-electron chi connectivity index (χ3n) is 4.96. The molecule has 1 aliphatic heterocycles. The van der Waals surface area contributed by atoms with Crippen LogP contribution in [0.3, 0.4) is 0 Å². The third kappa shape index (κ3) is 5.87. The number of piperazine rings is 1. The molecule has 0 spiro atoms. The molecule has 1 saturated heterocycles. The first-order chi connectivity index (χ1) is 14.2. The van der Waals surface area contributed by atoms with Crippen LogP contribution >= 0.6 is 0 Å². The molecular weight excluding hydrogens is 397 g/mol. The van der Waals surface area contributed by atoms with Gasteiger partial charge in [0.15, 0.2) is 5.78 Å². The second kappa shape index (κ2) is 9.36. The molecule has 1 amide bonds. The first-order valence-corrected chi connectivity index (χ1v) is 9.59. The summed E-state index contributed by atoms with van der Waals surface area (Å²) in [7, 11) is 0. The Kier molecular flexibility index (Phi) is 6.84. The minimum Gasteiger partial charge on any atom is -0.325 e. The van der Waals surface area contributed by atoms with Crippen LogP contribution in [0.25, 0.3) is 0 Å². The fourth-order valence-corrected chi connectivity index (χ4v) is 3.36. The van der Waals surface area contributed by atoms with Crippen molar-refractivity contribution < 1.29 is 22.8 Å². The predicted molar refractivity (Wildman–Crippen MR) is 106 cm³/mol. The lowest BCUT2D eigenvalue weighted by atomic mass is 10.1. The van der Waals surface area contributed by atoms with Gasteiger partial charge in [-0.25, -0.2) is 0 Å². The zero-order valence-electron chi connectivity index (χ0n) is 16.6. The zero-order valence-corrected chi connectivity index (χ0v) is 16.6. The molecule has 0 unspecified atom stereocenters. The number of hydrogen-bond donors (Lipinski definition) is 1. The molecule has 1 fully saturated rings. The van der Waals surface area contributed by atoms with Gasteiger partial charge < -0.3 is 5.32 Å². The summed E-state index contributed by atoms with van der Waals surface area (Å²) in [6, 6.07) is 9.63.